The summed E-state index contributed by atoms with van der Waals surface area (Å²) in [6.45, 7) is 5.21. The van der Waals surface area contributed by atoms with Crippen molar-refractivity contribution < 1.29 is 18.4 Å². The summed E-state index contributed by atoms with van der Waals surface area (Å²) in [5, 5.41) is 7.62. The molecule has 1 saturated heterocycles. The van der Waals surface area contributed by atoms with Gasteiger partial charge in [-0.15, -0.1) is 11.3 Å². The first-order valence-electron chi connectivity index (χ1n) is 9.60. The first-order chi connectivity index (χ1) is 13.9. The van der Waals surface area contributed by atoms with Crippen LogP contribution in [0.1, 0.15) is 42.2 Å². The van der Waals surface area contributed by atoms with Crippen LogP contribution in [-0.2, 0) is 11.3 Å². The average Bonchev–Trinajstić information content (AvgIpc) is 3.10. The molecule has 1 aliphatic heterocycles. The van der Waals surface area contributed by atoms with E-state index in [-0.39, 0.29) is 24.4 Å². The third kappa shape index (κ3) is 6.30. The molecule has 9 heteroatoms. The lowest BCUT2D eigenvalue weighted by Crippen LogP contribution is -2.32. The largest absolute Gasteiger partial charge is 0.351 e. The fraction of sp³-hybridized carbons (Fsp3) is 0.450. The number of anilines is 1. The highest BCUT2D eigenvalue weighted by Crippen LogP contribution is 2.21. The van der Waals surface area contributed by atoms with Crippen molar-refractivity contribution in [3.05, 3.63) is 46.5 Å². The standard InChI is InChI=1S/C20H24F2N4O2S/c1-13-5-8-26(9-6-13)11-15-12-29-20(24-15)25-18(27)4-7-23-19(28)16-3-2-14(21)10-17(16)22/h2-3,10,12-13H,4-9,11H2,1H3,(H,23,28)(H,24,25,27). The highest BCUT2D eigenvalue weighted by atomic mass is 32.1. The predicted octanol–water partition coefficient (Wildman–Crippen LogP) is 3.41. The molecule has 0 aliphatic carbocycles. The molecule has 0 spiro atoms. The highest BCUT2D eigenvalue weighted by Gasteiger charge is 2.17. The zero-order chi connectivity index (χ0) is 20.8. The molecule has 0 unspecified atom stereocenters. The number of carbonyl (C=O) groups is 2. The molecule has 156 valence electrons. The number of halogens is 2. The van der Waals surface area contributed by atoms with Crippen LogP contribution in [0.2, 0.25) is 0 Å². The van der Waals surface area contributed by atoms with Crippen molar-refractivity contribution in [1.29, 1.82) is 0 Å². The molecule has 0 radical (unpaired) electrons. The van der Waals surface area contributed by atoms with Crippen molar-refractivity contribution in [3.63, 3.8) is 0 Å². The molecule has 1 fully saturated rings. The maximum absolute atomic E-state index is 13.6. The molecule has 2 aromatic rings. The molecule has 0 atom stereocenters. The predicted molar refractivity (Wildman–Crippen MR) is 108 cm³/mol. The van der Waals surface area contributed by atoms with Crippen LogP contribution in [-0.4, -0.2) is 41.3 Å². The lowest BCUT2D eigenvalue weighted by atomic mass is 9.99. The Morgan fingerprint density at radius 3 is 2.76 bits per heavy atom. The second-order valence-corrected chi connectivity index (χ2v) is 8.14. The summed E-state index contributed by atoms with van der Waals surface area (Å²) in [6, 6.07) is 2.72. The fourth-order valence-electron chi connectivity index (χ4n) is 3.13. The van der Waals surface area contributed by atoms with Crippen LogP contribution in [0, 0.1) is 17.6 Å². The van der Waals surface area contributed by atoms with E-state index in [1.165, 1.54) is 24.2 Å². The monoisotopic (exact) mass is 422 g/mol. The van der Waals surface area contributed by atoms with Gasteiger partial charge in [-0.3, -0.25) is 14.5 Å². The number of thiazole rings is 1. The number of hydrogen-bond acceptors (Lipinski definition) is 5. The van der Waals surface area contributed by atoms with Gasteiger partial charge in [0, 0.05) is 31.0 Å². The lowest BCUT2D eigenvalue weighted by molar-refractivity contribution is -0.116. The minimum atomic E-state index is -0.939. The third-order valence-electron chi connectivity index (χ3n) is 4.87. The molecule has 6 nitrogen and oxygen atoms in total. The third-order valence-corrected chi connectivity index (χ3v) is 5.68. The summed E-state index contributed by atoms with van der Waals surface area (Å²) in [4.78, 5) is 30.8. The topological polar surface area (TPSA) is 74.3 Å². The summed E-state index contributed by atoms with van der Waals surface area (Å²) in [7, 11) is 0. The Bertz CT molecular complexity index is 866. The summed E-state index contributed by atoms with van der Waals surface area (Å²) in [6.07, 6.45) is 2.41. The molecule has 2 amide bonds. The van der Waals surface area contributed by atoms with Gasteiger partial charge >= 0.3 is 0 Å². The maximum Gasteiger partial charge on any atom is 0.254 e. The fourth-order valence-corrected chi connectivity index (χ4v) is 3.84. The number of likely N-dealkylation sites (tertiary alicyclic amines) is 1. The van der Waals surface area contributed by atoms with Crippen molar-refractivity contribution >= 4 is 28.3 Å². The number of aromatic nitrogens is 1. The van der Waals surface area contributed by atoms with Crippen LogP contribution in [0.15, 0.2) is 23.6 Å². The van der Waals surface area contributed by atoms with Crippen molar-refractivity contribution in [2.45, 2.75) is 32.7 Å². The van der Waals surface area contributed by atoms with Crippen molar-refractivity contribution in [2.24, 2.45) is 5.92 Å². The minimum absolute atomic E-state index is 0.0213. The van der Waals surface area contributed by atoms with E-state index in [4.69, 9.17) is 0 Å². The molecule has 2 N–H and O–H groups in total. The summed E-state index contributed by atoms with van der Waals surface area (Å²) in [5.41, 5.74) is 0.670. The van der Waals surface area contributed by atoms with Crippen molar-refractivity contribution in [3.8, 4) is 0 Å². The van der Waals surface area contributed by atoms with Crippen LogP contribution in [0.25, 0.3) is 0 Å². The van der Waals surface area contributed by atoms with Crippen molar-refractivity contribution in [2.75, 3.05) is 25.0 Å². The SMILES string of the molecule is CC1CCN(Cc2csc(NC(=O)CCNC(=O)c3ccc(F)cc3F)n2)CC1. The number of amides is 2. The Morgan fingerprint density at radius 2 is 2.03 bits per heavy atom. The Kier molecular flexibility index (Phi) is 7.27. The normalized spacial score (nSPS) is 15.3. The molecular formula is C20H24F2N4O2S. The van der Waals surface area contributed by atoms with Crippen LogP contribution in [0.3, 0.4) is 0 Å². The average molecular weight is 423 g/mol. The second kappa shape index (κ2) is 9.89. The number of nitrogens with one attached hydrogen (secondary N) is 2. The van der Waals surface area contributed by atoms with Gasteiger partial charge in [-0.2, -0.15) is 0 Å². The number of hydrogen-bond donors (Lipinski definition) is 2. The van der Waals surface area contributed by atoms with Gasteiger partial charge in [-0.1, -0.05) is 6.92 Å². The Hall–Kier alpha value is -2.39. The van der Waals surface area contributed by atoms with Gasteiger partial charge in [0.05, 0.1) is 11.3 Å². The zero-order valence-corrected chi connectivity index (χ0v) is 17.0. The van der Waals surface area contributed by atoms with Gasteiger partial charge in [0.1, 0.15) is 11.6 Å². The maximum atomic E-state index is 13.6. The van der Waals surface area contributed by atoms with Gasteiger partial charge < -0.3 is 10.6 Å². The summed E-state index contributed by atoms with van der Waals surface area (Å²) < 4.78 is 26.5. The van der Waals surface area contributed by atoms with E-state index < -0.39 is 17.5 Å². The van der Waals surface area contributed by atoms with Crippen LogP contribution in [0.5, 0.6) is 0 Å². The lowest BCUT2D eigenvalue weighted by Gasteiger charge is -2.29. The van der Waals surface area contributed by atoms with Gasteiger partial charge in [0.2, 0.25) is 5.91 Å². The molecule has 0 saturated carbocycles. The van der Waals surface area contributed by atoms with E-state index in [1.807, 2.05) is 5.38 Å². The molecular weight excluding hydrogens is 398 g/mol. The Morgan fingerprint density at radius 1 is 1.28 bits per heavy atom. The number of carbonyl (C=O) groups excluding carboxylic acids is 2. The van der Waals surface area contributed by atoms with E-state index in [9.17, 15) is 18.4 Å². The molecule has 1 aliphatic rings. The van der Waals surface area contributed by atoms with E-state index in [0.29, 0.717) is 11.2 Å². The Labute approximate surface area is 172 Å². The zero-order valence-electron chi connectivity index (χ0n) is 16.2. The first-order valence-corrected chi connectivity index (χ1v) is 10.5. The van der Waals surface area contributed by atoms with Crippen molar-refractivity contribution in [1.82, 2.24) is 15.2 Å². The highest BCUT2D eigenvalue weighted by molar-refractivity contribution is 7.13. The van der Waals surface area contributed by atoms with Crippen LogP contribution in [0.4, 0.5) is 13.9 Å². The van der Waals surface area contributed by atoms with Gasteiger partial charge in [0.25, 0.3) is 5.91 Å². The molecule has 29 heavy (non-hydrogen) atoms. The van der Waals surface area contributed by atoms with Gasteiger partial charge in [-0.05, 0) is 44.0 Å². The number of rotatable bonds is 7. The smallest absolute Gasteiger partial charge is 0.254 e. The van der Waals surface area contributed by atoms with Gasteiger partial charge in [-0.25, -0.2) is 13.8 Å². The van der Waals surface area contributed by atoms with E-state index in [1.54, 1.807) is 0 Å². The molecule has 1 aromatic heterocycles. The Balaban J connectivity index is 1.40. The molecule has 1 aromatic carbocycles. The van der Waals surface area contributed by atoms with E-state index in [2.05, 4.69) is 27.4 Å². The second-order valence-electron chi connectivity index (χ2n) is 7.28. The van der Waals surface area contributed by atoms with E-state index in [0.717, 1.165) is 43.4 Å². The molecule has 0 bridgehead atoms. The van der Waals surface area contributed by atoms with Crippen LogP contribution >= 0.6 is 11.3 Å². The first kappa shape index (κ1) is 21.3. The van der Waals surface area contributed by atoms with E-state index >= 15 is 0 Å². The number of benzene rings is 1. The quantitative estimate of drug-likeness (QED) is 0.717. The van der Waals surface area contributed by atoms with Crippen LogP contribution < -0.4 is 10.6 Å². The number of nitrogens with zero attached hydrogens (tertiary/aromatic N) is 2. The minimum Gasteiger partial charge on any atom is -0.351 e. The molecule has 3 rings (SSSR count). The molecule has 2 heterocycles. The number of piperidine rings is 1. The van der Waals surface area contributed by atoms with Gasteiger partial charge in [0.15, 0.2) is 5.13 Å². The summed E-state index contributed by atoms with van der Waals surface area (Å²) >= 11 is 1.36. The summed E-state index contributed by atoms with van der Waals surface area (Å²) in [5.74, 6) is -1.90.